The van der Waals surface area contributed by atoms with Crippen LogP contribution in [0.4, 0.5) is 0 Å². The molecule has 1 amide bonds. The van der Waals surface area contributed by atoms with Gasteiger partial charge in [0.25, 0.3) is 0 Å². The van der Waals surface area contributed by atoms with Gasteiger partial charge in [0.1, 0.15) is 11.3 Å². The number of carbonyl (C=O) groups is 1. The third kappa shape index (κ3) is 3.87. The number of fused-ring (bicyclic) bond motifs is 1. The van der Waals surface area contributed by atoms with Crippen LogP contribution < -0.4 is 5.32 Å². The van der Waals surface area contributed by atoms with E-state index in [2.05, 4.69) is 10.4 Å². The molecule has 0 bridgehead atoms. The number of hydrogen-bond donors (Lipinski definition) is 1. The fourth-order valence-corrected chi connectivity index (χ4v) is 3.25. The zero-order valence-electron chi connectivity index (χ0n) is 14.8. The Labute approximate surface area is 152 Å². The van der Waals surface area contributed by atoms with Crippen molar-refractivity contribution in [2.45, 2.75) is 46.2 Å². The molecule has 0 aliphatic heterocycles. The summed E-state index contributed by atoms with van der Waals surface area (Å²) in [4.78, 5) is 12.4. The Morgan fingerprint density at radius 2 is 2.04 bits per heavy atom. The zero-order valence-corrected chi connectivity index (χ0v) is 15.6. The Balaban J connectivity index is 1.66. The van der Waals surface area contributed by atoms with Crippen molar-refractivity contribution in [2.24, 2.45) is 0 Å². The minimum Gasteiger partial charge on any atom is -0.459 e. The number of amides is 1. The van der Waals surface area contributed by atoms with E-state index in [4.69, 9.17) is 16.0 Å². The maximum Gasteiger partial charge on any atom is 0.222 e. The zero-order chi connectivity index (χ0) is 18.1. The van der Waals surface area contributed by atoms with E-state index in [-0.39, 0.29) is 18.0 Å². The molecule has 1 aromatic carbocycles. The van der Waals surface area contributed by atoms with Crippen LogP contribution in [0.5, 0.6) is 0 Å². The molecule has 2 aromatic heterocycles. The Bertz CT molecular complexity index is 913. The van der Waals surface area contributed by atoms with Crippen LogP contribution in [0.15, 0.2) is 34.7 Å². The van der Waals surface area contributed by atoms with Crippen molar-refractivity contribution < 1.29 is 9.21 Å². The molecule has 2 atom stereocenters. The predicted molar refractivity (Wildman–Crippen MR) is 98.8 cm³/mol. The summed E-state index contributed by atoms with van der Waals surface area (Å²) >= 11 is 6.00. The van der Waals surface area contributed by atoms with E-state index in [1.54, 1.807) is 6.07 Å². The van der Waals surface area contributed by atoms with Gasteiger partial charge in [0.15, 0.2) is 0 Å². The summed E-state index contributed by atoms with van der Waals surface area (Å²) in [6.07, 6.45) is 0.359. The number of hydrogen-bond acceptors (Lipinski definition) is 3. The lowest BCUT2D eigenvalue weighted by Crippen LogP contribution is -2.28. The lowest BCUT2D eigenvalue weighted by molar-refractivity contribution is -0.122. The SMILES string of the molecule is Cc1cc(C)n([C@@H](C)CC(=O)N[C@@H](C)c2cc3cc(Cl)ccc3o2)n1. The quantitative estimate of drug-likeness (QED) is 0.716. The van der Waals surface area contributed by atoms with Gasteiger partial charge in [-0.15, -0.1) is 0 Å². The van der Waals surface area contributed by atoms with Crippen molar-refractivity contribution in [3.63, 3.8) is 0 Å². The number of carbonyl (C=O) groups excluding carboxylic acids is 1. The van der Waals surface area contributed by atoms with E-state index >= 15 is 0 Å². The first-order valence-electron chi connectivity index (χ1n) is 8.34. The average molecular weight is 360 g/mol. The summed E-state index contributed by atoms with van der Waals surface area (Å²) in [5, 5.41) is 9.03. The number of aryl methyl sites for hydroxylation is 2. The molecule has 0 spiro atoms. The molecule has 0 aliphatic rings. The summed E-state index contributed by atoms with van der Waals surface area (Å²) in [6, 6.07) is 9.18. The van der Waals surface area contributed by atoms with Crippen LogP contribution in [0.3, 0.4) is 0 Å². The highest BCUT2D eigenvalue weighted by atomic mass is 35.5. The number of rotatable bonds is 5. The summed E-state index contributed by atoms with van der Waals surface area (Å²) in [6.45, 7) is 7.85. The highest BCUT2D eigenvalue weighted by Gasteiger charge is 2.18. The summed E-state index contributed by atoms with van der Waals surface area (Å²) in [7, 11) is 0. The molecule has 1 N–H and O–H groups in total. The van der Waals surface area contributed by atoms with E-state index < -0.39 is 0 Å². The van der Waals surface area contributed by atoms with Crippen LogP contribution in [0.1, 0.15) is 49.5 Å². The molecule has 0 radical (unpaired) electrons. The van der Waals surface area contributed by atoms with E-state index in [1.807, 2.05) is 56.6 Å². The van der Waals surface area contributed by atoms with E-state index in [0.717, 1.165) is 22.4 Å². The first-order chi connectivity index (χ1) is 11.8. The Hall–Kier alpha value is -2.27. The lowest BCUT2D eigenvalue weighted by atomic mass is 10.2. The van der Waals surface area contributed by atoms with E-state index in [0.29, 0.717) is 17.2 Å². The van der Waals surface area contributed by atoms with E-state index in [1.165, 1.54) is 0 Å². The molecular weight excluding hydrogens is 338 g/mol. The first kappa shape index (κ1) is 17.5. The minimum atomic E-state index is -0.216. The molecule has 132 valence electrons. The normalized spacial score (nSPS) is 13.8. The van der Waals surface area contributed by atoms with Gasteiger partial charge in [-0.2, -0.15) is 5.10 Å². The van der Waals surface area contributed by atoms with Crippen molar-refractivity contribution in [3.8, 4) is 0 Å². The Kier molecular flexibility index (Phi) is 4.86. The van der Waals surface area contributed by atoms with Gasteiger partial charge < -0.3 is 9.73 Å². The highest BCUT2D eigenvalue weighted by Crippen LogP contribution is 2.26. The van der Waals surface area contributed by atoms with Crippen LogP contribution in [-0.2, 0) is 4.79 Å². The number of benzene rings is 1. The molecule has 0 aliphatic carbocycles. The van der Waals surface area contributed by atoms with Crippen molar-refractivity contribution in [1.82, 2.24) is 15.1 Å². The van der Waals surface area contributed by atoms with E-state index in [9.17, 15) is 4.79 Å². The van der Waals surface area contributed by atoms with Crippen LogP contribution in [0, 0.1) is 13.8 Å². The third-order valence-electron chi connectivity index (χ3n) is 4.24. The molecule has 2 heterocycles. The Morgan fingerprint density at radius 3 is 2.72 bits per heavy atom. The van der Waals surface area contributed by atoms with Gasteiger partial charge in [-0.05, 0) is 58.0 Å². The maximum atomic E-state index is 12.4. The van der Waals surface area contributed by atoms with Gasteiger partial charge in [-0.1, -0.05) is 11.6 Å². The van der Waals surface area contributed by atoms with Gasteiger partial charge in [0.2, 0.25) is 5.91 Å². The van der Waals surface area contributed by atoms with Crippen LogP contribution in [0.2, 0.25) is 5.02 Å². The van der Waals surface area contributed by atoms with Crippen LogP contribution >= 0.6 is 11.6 Å². The minimum absolute atomic E-state index is 0.00428. The van der Waals surface area contributed by atoms with Crippen molar-refractivity contribution in [2.75, 3.05) is 0 Å². The molecule has 3 aromatic rings. The van der Waals surface area contributed by atoms with Crippen LogP contribution in [0.25, 0.3) is 11.0 Å². The number of nitrogens with one attached hydrogen (secondary N) is 1. The van der Waals surface area contributed by atoms with Gasteiger partial charge >= 0.3 is 0 Å². The molecule has 6 heteroatoms. The second-order valence-electron chi connectivity index (χ2n) is 6.54. The smallest absolute Gasteiger partial charge is 0.222 e. The van der Waals surface area contributed by atoms with Gasteiger partial charge in [0, 0.05) is 22.5 Å². The van der Waals surface area contributed by atoms with Crippen LogP contribution in [-0.4, -0.2) is 15.7 Å². The highest BCUT2D eigenvalue weighted by molar-refractivity contribution is 6.31. The number of halogens is 1. The molecule has 0 saturated carbocycles. The van der Waals surface area contributed by atoms with Gasteiger partial charge in [0.05, 0.1) is 17.8 Å². The molecule has 0 unspecified atom stereocenters. The summed E-state index contributed by atoms with van der Waals surface area (Å²) < 4.78 is 7.70. The summed E-state index contributed by atoms with van der Waals surface area (Å²) in [5.41, 5.74) is 2.77. The maximum absolute atomic E-state index is 12.4. The third-order valence-corrected chi connectivity index (χ3v) is 4.48. The first-order valence-corrected chi connectivity index (χ1v) is 8.72. The molecule has 3 rings (SSSR count). The standard InChI is InChI=1S/C19H22ClN3O2/c1-11-7-12(2)23(22-11)13(3)8-19(24)21-14(4)18-10-15-9-16(20)5-6-17(15)25-18/h5-7,9-10,13-14H,8H2,1-4H3,(H,21,24)/t13-,14-/m0/s1. The fraction of sp³-hybridized carbons (Fsp3) is 0.368. The monoisotopic (exact) mass is 359 g/mol. The van der Waals surface area contributed by atoms with Crippen molar-refractivity contribution in [1.29, 1.82) is 0 Å². The fourth-order valence-electron chi connectivity index (χ4n) is 3.07. The largest absolute Gasteiger partial charge is 0.459 e. The topological polar surface area (TPSA) is 60.1 Å². The molecule has 0 saturated heterocycles. The summed E-state index contributed by atoms with van der Waals surface area (Å²) in [5.74, 6) is 0.676. The molecule has 0 fully saturated rings. The molecule has 25 heavy (non-hydrogen) atoms. The van der Waals surface area contributed by atoms with Crippen molar-refractivity contribution in [3.05, 3.63) is 52.5 Å². The molecular formula is C19H22ClN3O2. The molecule has 5 nitrogen and oxygen atoms in total. The second kappa shape index (κ2) is 6.92. The predicted octanol–water partition coefficient (Wildman–Crippen LogP) is 4.73. The van der Waals surface area contributed by atoms with Crippen molar-refractivity contribution >= 4 is 28.5 Å². The number of nitrogens with zero attached hydrogens (tertiary/aromatic N) is 2. The van der Waals surface area contributed by atoms with Gasteiger partial charge in [-0.25, -0.2) is 0 Å². The average Bonchev–Trinajstić information content (AvgIpc) is 3.09. The van der Waals surface area contributed by atoms with Gasteiger partial charge in [-0.3, -0.25) is 9.48 Å². The number of aromatic nitrogens is 2. The Morgan fingerprint density at radius 1 is 1.28 bits per heavy atom. The number of furan rings is 1. The lowest BCUT2D eigenvalue weighted by Gasteiger charge is -2.16. The second-order valence-corrected chi connectivity index (χ2v) is 6.98.